The lowest BCUT2D eigenvalue weighted by molar-refractivity contribution is 0.0537. The number of nitrogens with two attached hydrogens (primary N) is 1. The Balaban J connectivity index is 1.85. The van der Waals surface area contributed by atoms with Crippen LogP contribution >= 0.6 is 11.3 Å². The molecule has 0 radical (unpaired) electrons. The Hall–Kier alpha value is -1.39. The monoisotopic (exact) mass is 288 g/mol. The van der Waals surface area contributed by atoms with Crippen molar-refractivity contribution >= 4 is 27.3 Å². The van der Waals surface area contributed by atoms with Crippen LogP contribution in [0.5, 0.6) is 0 Å². The molecule has 106 valence electrons. The fourth-order valence-electron chi connectivity index (χ4n) is 2.79. The lowest BCUT2D eigenvalue weighted by Crippen LogP contribution is -2.53. The smallest absolute Gasteiger partial charge is 0.263 e. The molecule has 0 bridgehead atoms. The Labute approximate surface area is 123 Å². The Kier molecular flexibility index (Phi) is 3.30. The van der Waals surface area contributed by atoms with Crippen molar-refractivity contribution in [1.82, 2.24) is 4.90 Å². The number of rotatable bonds is 1. The number of carbonyl (C=O) groups excluding carboxylic acids is 1. The highest BCUT2D eigenvalue weighted by Crippen LogP contribution is 2.31. The van der Waals surface area contributed by atoms with E-state index in [-0.39, 0.29) is 17.4 Å². The van der Waals surface area contributed by atoms with Gasteiger partial charge in [-0.2, -0.15) is 0 Å². The first-order chi connectivity index (χ1) is 9.47. The zero-order valence-corrected chi connectivity index (χ0v) is 12.7. The highest BCUT2D eigenvalue weighted by Gasteiger charge is 2.35. The molecule has 0 saturated carbocycles. The molecule has 4 heteroatoms. The van der Waals surface area contributed by atoms with E-state index in [4.69, 9.17) is 5.73 Å². The number of nitrogens with zero attached hydrogens (tertiary/aromatic N) is 1. The van der Waals surface area contributed by atoms with Crippen molar-refractivity contribution < 1.29 is 4.79 Å². The Bertz CT molecular complexity index is 614. The predicted molar refractivity (Wildman–Crippen MR) is 84.1 cm³/mol. The van der Waals surface area contributed by atoms with Gasteiger partial charge in [0, 0.05) is 23.8 Å². The summed E-state index contributed by atoms with van der Waals surface area (Å²) < 4.78 is 1.17. The van der Waals surface area contributed by atoms with Crippen LogP contribution in [-0.2, 0) is 0 Å². The fourth-order valence-corrected chi connectivity index (χ4v) is 3.82. The number of fused-ring (bicyclic) bond motifs is 1. The quantitative estimate of drug-likeness (QED) is 0.876. The number of piperidine rings is 1. The lowest BCUT2D eigenvalue weighted by Gasteiger charge is -2.42. The maximum absolute atomic E-state index is 12.7. The second kappa shape index (κ2) is 4.86. The van der Waals surface area contributed by atoms with E-state index < -0.39 is 0 Å². The number of carbonyl (C=O) groups is 1. The summed E-state index contributed by atoms with van der Waals surface area (Å²) in [5.74, 6) is 0.145. The zero-order valence-electron chi connectivity index (χ0n) is 11.9. The molecule has 0 aliphatic carbocycles. The van der Waals surface area contributed by atoms with E-state index >= 15 is 0 Å². The van der Waals surface area contributed by atoms with Gasteiger partial charge >= 0.3 is 0 Å². The molecular formula is C16H20N2OS. The molecule has 3 nitrogen and oxygen atoms in total. The van der Waals surface area contributed by atoms with Crippen LogP contribution < -0.4 is 5.73 Å². The second-order valence-corrected chi connectivity index (χ2v) is 7.34. The summed E-state index contributed by atoms with van der Waals surface area (Å²) in [5, 5.41) is 1.15. The van der Waals surface area contributed by atoms with Crippen LogP contribution in [0.25, 0.3) is 10.1 Å². The minimum atomic E-state index is -0.00933. The van der Waals surface area contributed by atoms with E-state index in [0.29, 0.717) is 0 Å². The molecule has 1 aliphatic heterocycles. The number of likely N-dealkylation sites (tertiary alicyclic amines) is 1. The molecule has 1 atom stereocenters. The first-order valence-corrected chi connectivity index (χ1v) is 7.82. The van der Waals surface area contributed by atoms with Gasteiger partial charge < -0.3 is 10.6 Å². The molecule has 1 aromatic carbocycles. The van der Waals surface area contributed by atoms with Crippen molar-refractivity contribution in [1.29, 1.82) is 0 Å². The molecular weight excluding hydrogens is 268 g/mol. The van der Waals surface area contributed by atoms with Crippen molar-refractivity contribution in [3.63, 3.8) is 0 Å². The largest absolute Gasteiger partial charge is 0.337 e. The standard InChI is InChI=1S/C16H20N2OS/c1-16(2)10-18(8-7-14(16)17)15(19)13-9-11-5-3-4-6-12(11)20-13/h3-6,9,14H,7-8,10,17H2,1-2H3. The fraction of sp³-hybridized carbons (Fsp3) is 0.438. The van der Waals surface area contributed by atoms with Gasteiger partial charge in [-0.1, -0.05) is 32.0 Å². The number of thiophene rings is 1. The molecule has 1 unspecified atom stereocenters. The van der Waals surface area contributed by atoms with Gasteiger partial charge in [0.2, 0.25) is 0 Å². The maximum atomic E-state index is 12.7. The minimum Gasteiger partial charge on any atom is -0.337 e. The normalized spacial score (nSPS) is 22.1. The number of amides is 1. The molecule has 20 heavy (non-hydrogen) atoms. The molecule has 1 amide bonds. The minimum absolute atomic E-state index is 0.00933. The van der Waals surface area contributed by atoms with Crippen LogP contribution in [0.2, 0.25) is 0 Å². The molecule has 1 saturated heterocycles. The summed E-state index contributed by atoms with van der Waals surface area (Å²) >= 11 is 1.58. The third-order valence-electron chi connectivity index (χ3n) is 4.24. The van der Waals surface area contributed by atoms with Gasteiger partial charge in [0.25, 0.3) is 5.91 Å². The molecule has 2 aromatic rings. The second-order valence-electron chi connectivity index (χ2n) is 6.26. The molecule has 3 rings (SSSR count). The van der Waals surface area contributed by atoms with Crippen molar-refractivity contribution in [2.75, 3.05) is 13.1 Å². The van der Waals surface area contributed by atoms with E-state index in [2.05, 4.69) is 26.0 Å². The zero-order chi connectivity index (χ0) is 14.3. The number of hydrogen-bond donors (Lipinski definition) is 1. The van der Waals surface area contributed by atoms with Crippen molar-refractivity contribution in [2.24, 2.45) is 11.1 Å². The Morgan fingerprint density at radius 3 is 2.85 bits per heavy atom. The van der Waals surface area contributed by atoms with Gasteiger partial charge in [-0.15, -0.1) is 11.3 Å². The van der Waals surface area contributed by atoms with Crippen molar-refractivity contribution in [3.05, 3.63) is 35.2 Å². The first kappa shape index (κ1) is 13.6. The average molecular weight is 288 g/mol. The van der Waals surface area contributed by atoms with Gasteiger partial charge in [0.15, 0.2) is 0 Å². The average Bonchev–Trinajstić information content (AvgIpc) is 2.84. The molecule has 1 aromatic heterocycles. The highest BCUT2D eigenvalue weighted by atomic mass is 32.1. The molecule has 2 N–H and O–H groups in total. The van der Waals surface area contributed by atoms with Crippen molar-refractivity contribution in [3.8, 4) is 0 Å². The van der Waals surface area contributed by atoms with E-state index in [1.807, 2.05) is 23.1 Å². The summed E-state index contributed by atoms with van der Waals surface area (Å²) in [4.78, 5) is 15.4. The predicted octanol–water partition coefficient (Wildman–Crippen LogP) is 3.10. The van der Waals surface area contributed by atoms with Crippen LogP contribution in [0.3, 0.4) is 0 Å². The van der Waals surface area contributed by atoms with Crippen LogP contribution in [0.15, 0.2) is 30.3 Å². The van der Waals surface area contributed by atoms with E-state index in [1.165, 1.54) is 4.70 Å². The highest BCUT2D eigenvalue weighted by molar-refractivity contribution is 7.20. The third-order valence-corrected chi connectivity index (χ3v) is 5.34. The maximum Gasteiger partial charge on any atom is 0.263 e. The van der Waals surface area contributed by atoms with Gasteiger partial charge in [0.05, 0.1) is 4.88 Å². The SMILES string of the molecule is CC1(C)CN(C(=O)c2cc3ccccc3s2)CCC1N. The Morgan fingerprint density at radius 1 is 1.40 bits per heavy atom. The van der Waals surface area contributed by atoms with E-state index in [9.17, 15) is 4.79 Å². The molecule has 0 spiro atoms. The molecule has 1 aliphatic rings. The number of benzene rings is 1. The van der Waals surface area contributed by atoms with E-state index in [1.54, 1.807) is 11.3 Å². The molecule has 2 heterocycles. The number of hydrogen-bond acceptors (Lipinski definition) is 3. The Morgan fingerprint density at radius 2 is 2.15 bits per heavy atom. The van der Waals surface area contributed by atoms with Gasteiger partial charge in [-0.05, 0) is 29.4 Å². The molecule has 1 fully saturated rings. The summed E-state index contributed by atoms with van der Waals surface area (Å²) in [7, 11) is 0. The lowest BCUT2D eigenvalue weighted by atomic mass is 9.79. The summed E-state index contributed by atoms with van der Waals surface area (Å²) in [6.45, 7) is 5.78. The van der Waals surface area contributed by atoms with Gasteiger partial charge in [0.1, 0.15) is 0 Å². The van der Waals surface area contributed by atoms with Crippen LogP contribution in [0.4, 0.5) is 0 Å². The van der Waals surface area contributed by atoms with Crippen LogP contribution in [0, 0.1) is 5.41 Å². The summed E-state index contributed by atoms with van der Waals surface area (Å²) in [6.07, 6.45) is 0.879. The van der Waals surface area contributed by atoms with Gasteiger partial charge in [-0.25, -0.2) is 0 Å². The van der Waals surface area contributed by atoms with Crippen molar-refractivity contribution in [2.45, 2.75) is 26.3 Å². The summed E-state index contributed by atoms with van der Waals surface area (Å²) in [5.41, 5.74) is 6.13. The van der Waals surface area contributed by atoms with Crippen LogP contribution in [0.1, 0.15) is 29.9 Å². The van der Waals surface area contributed by atoms with Gasteiger partial charge in [-0.3, -0.25) is 4.79 Å². The summed E-state index contributed by atoms with van der Waals surface area (Å²) in [6, 6.07) is 10.3. The van der Waals surface area contributed by atoms with Crippen LogP contribution in [-0.4, -0.2) is 29.9 Å². The topological polar surface area (TPSA) is 46.3 Å². The first-order valence-electron chi connectivity index (χ1n) is 7.01. The third kappa shape index (κ3) is 2.34. The van der Waals surface area contributed by atoms with E-state index in [0.717, 1.165) is 29.8 Å².